The second-order valence-corrected chi connectivity index (χ2v) is 4.62. The van der Waals surface area contributed by atoms with Crippen molar-refractivity contribution < 1.29 is 19.8 Å². The van der Waals surface area contributed by atoms with Crippen molar-refractivity contribution in [3.8, 4) is 0 Å². The Morgan fingerprint density at radius 1 is 1.61 bits per heavy atom. The summed E-state index contributed by atoms with van der Waals surface area (Å²) in [6, 6.07) is 0. The van der Waals surface area contributed by atoms with Crippen LogP contribution in [0.1, 0.15) is 17.1 Å². The van der Waals surface area contributed by atoms with Crippen LogP contribution in [0.15, 0.2) is 11.5 Å². The number of hydrogen-bond donors (Lipinski definition) is 3. The second kappa shape index (κ2) is 6.87. The molecule has 0 saturated carbocycles. The summed E-state index contributed by atoms with van der Waals surface area (Å²) in [6.07, 6.45) is 1.43. The highest BCUT2D eigenvalue weighted by molar-refractivity contribution is 7.09. The quantitative estimate of drug-likeness (QED) is 0.650. The molecule has 1 heterocycles. The summed E-state index contributed by atoms with van der Waals surface area (Å²) in [5.74, 6) is -1.64. The molecule has 0 saturated heterocycles. The van der Waals surface area contributed by atoms with Crippen LogP contribution < -0.4 is 5.32 Å². The molecule has 3 N–H and O–H groups in total. The van der Waals surface area contributed by atoms with Gasteiger partial charge >= 0.3 is 5.97 Å². The number of amides is 1. The number of nitrogens with zero attached hydrogens (tertiary/aromatic N) is 1. The van der Waals surface area contributed by atoms with Crippen LogP contribution in [-0.4, -0.2) is 39.7 Å². The lowest BCUT2D eigenvalue weighted by Crippen LogP contribution is -2.28. The van der Waals surface area contributed by atoms with Crippen LogP contribution >= 0.6 is 11.3 Å². The van der Waals surface area contributed by atoms with Crippen molar-refractivity contribution in [3.05, 3.63) is 22.2 Å². The van der Waals surface area contributed by atoms with E-state index in [9.17, 15) is 9.59 Å². The topological polar surface area (TPSA) is 99.5 Å². The fraction of sp³-hybridized carbons (Fsp3) is 0.364. The third kappa shape index (κ3) is 5.07. The van der Waals surface area contributed by atoms with Crippen molar-refractivity contribution in [1.29, 1.82) is 0 Å². The molecular weight excluding hydrogens is 256 g/mol. The van der Waals surface area contributed by atoms with Crippen LogP contribution in [0.5, 0.6) is 0 Å². The van der Waals surface area contributed by atoms with Crippen molar-refractivity contribution in [2.24, 2.45) is 0 Å². The van der Waals surface area contributed by atoms with E-state index in [-0.39, 0.29) is 18.9 Å². The predicted octanol–water partition coefficient (Wildman–Crippen LogP) is 0.417. The Kier molecular flexibility index (Phi) is 5.47. The van der Waals surface area contributed by atoms with Gasteiger partial charge in [-0.2, -0.15) is 0 Å². The molecule has 0 aromatic carbocycles. The Morgan fingerprint density at radius 3 is 2.89 bits per heavy atom. The van der Waals surface area contributed by atoms with Crippen molar-refractivity contribution in [2.45, 2.75) is 19.4 Å². The molecule has 0 fully saturated rings. The fourth-order valence-electron chi connectivity index (χ4n) is 1.13. The number of aliphatic carboxylic acids is 1. The number of aromatic nitrogens is 1. The van der Waals surface area contributed by atoms with Crippen LogP contribution in [-0.2, 0) is 9.59 Å². The lowest BCUT2D eigenvalue weighted by molar-refractivity contribution is -0.147. The maximum absolute atomic E-state index is 11.3. The van der Waals surface area contributed by atoms with Crippen LogP contribution in [0.4, 0.5) is 0 Å². The van der Waals surface area contributed by atoms with Gasteiger partial charge in [0.15, 0.2) is 6.10 Å². The molecule has 0 radical (unpaired) electrons. The number of carbonyl (C=O) groups excluding carboxylic acids is 1. The zero-order chi connectivity index (χ0) is 13.5. The SMILES string of the molecule is Cc1nc(/C=C/C(=O)NCC[C@H](O)C(=O)O)cs1. The highest BCUT2D eigenvalue weighted by Crippen LogP contribution is 2.08. The van der Waals surface area contributed by atoms with E-state index >= 15 is 0 Å². The van der Waals surface area contributed by atoms with Gasteiger partial charge in [-0.05, 0) is 13.0 Å². The normalized spacial score (nSPS) is 12.6. The van der Waals surface area contributed by atoms with Gasteiger partial charge < -0.3 is 15.5 Å². The Labute approximate surface area is 108 Å². The second-order valence-electron chi connectivity index (χ2n) is 3.56. The van der Waals surface area contributed by atoms with Crippen LogP contribution in [0.2, 0.25) is 0 Å². The van der Waals surface area contributed by atoms with Crippen LogP contribution in [0, 0.1) is 6.92 Å². The van der Waals surface area contributed by atoms with E-state index in [4.69, 9.17) is 10.2 Å². The molecule has 1 rings (SSSR count). The molecule has 7 heteroatoms. The van der Waals surface area contributed by atoms with Gasteiger partial charge in [0, 0.05) is 24.4 Å². The lowest BCUT2D eigenvalue weighted by Gasteiger charge is -2.05. The summed E-state index contributed by atoms with van der Waals surface area (Å²) in [7, 11) is 0. The van der Waals surface area contributed by atoms with Gasteiger partial charge in [-0.25, -0.2) is 9.78 Å². The summed E-state index contributed by atoms with van der Waals surface area (Å²) in [6.45, 7) is 1.97. The summed E-state index contributed by atoms with van der Waals surface area (Å²) < 4.78 is 0. The number of aryl methyl sites for hydroxylation is 1. The number of carboxylic acids is 1. The molecule has 0 spiro atoms. The predicted molar refractivity (Wildman–Crippen MR) is 67.2 cm³/mol. The van der Waals surface area contributed by atoms with E-state index < -0.39 is 12.1 Å². The Hall–Kier alpha value is -1.73. The van der Waals surface area contributed by atoms with Crippen molar-refractivity contribution in [3.63, 3.8) is 0 Å². The number of aliphatic hydroxyl groups is 1. The molecule has 0 aliphatic rings. The van der Waals surface area contributed by atoms with Crippen molar-refractivity contribution in [1.82, 2.24) is 10.3 Å². The molecule has 98 valence electrons. The third-order valence-electron chi connectivity index (χ3n) is 2.04. The van der Waals surface area contributed by atoms with Crippen molar-refractivity contribution >= 4 is 29.3 Å². The molecule has 0 bridgehead atoms. The summed E-state index contributed by atoms with van der Waals surface area (Å²) in [5.41, 5.74) is 0.707. The summed E-state index contributed by atoms with van der Waals surface area (Å²) >= 11 is 1.49. The molecule has 1 aromatic heterocycles. The number of hydrogen-bond acceptors (Lipinski definition) is 5. The first-order valence-electron chi connectivity index (χ1n) is 5.28. The maximum atomic E-state index is 11.3. The monoisotopic (exact) mass is 270 g/mol. The van der Waals surface area contributed by atoms with Gasteiger partial charge in [0.1, 0.15) is 0 Å². The molecule has 6 nitrogen and oxygen atoms in total. The highest BCUT2D eigenvalue weighted by Gasteiger charge is 2.12. The molecular formula is C11H14N2O4S. The average Bonchev–Trinajstić information content (AvgIpc) is 2.72. The molecule has 0 aliphatic heterocycles. The first-order chi connectivity index (χ1) is 8.49. The molecule has 1 atom stereocenters. The number of aliphatic hydroxyl groups excluding tert-OH is 1. The number of rotatable bonds is 6. The standard InChI is InChI=1S/C11H14N2O4S/c1-7-13-8(6-18-7)2-3-10(15)12-5-4-9(14)11(16)17/h2-3,6,9,14H,4-5H2,1H3,(H,12,15)(H,16,17)/b3-2+/t9-/m0/s1. The number of nitrogens with one attached hydrogen (secondary N) is 1. The zero-order valence-corrected chi connectivity index (χ0v) is 10.6. The fourth-order valence-corrected chi connectivity index (χ4v) is 1.71. The Morgan fingerprint density at radius 2 is 2.33 bits per heavy atom. The van der Waals surface area contributed by atoms with E-state index in [1.54, 1.807) is 6.08 Å². The third-order valence-corrected chi connectivity index (χ3v) is 2.84. The average molecular weight is 270 g/mol. The lowest BCUT2D eigenvalue weighted by atomic mass is 10.2. The zero-order valence-electron chi connectivity index (χ0n) is 9.79. The van der Waals surface area contributed by atoms with E-state index in [0.717, 1.165) is 5.01 Å². The first kappa shape index (κ1) is 14.3. The first-order valence-corrected chi connectivity index (χ1v) is 6.16. The maximum Gasteiger partial charge on any atom is 0.332 e. The highest BCUT2D eigenvalue weighted by atomic mass is 32.1. The van der Waals surface area contributed by atoms with Gasteiger partial charge in [-0.1, -0.05) is 0 Å². The summed E-state index contributed by atoms with van der Waals surface area (Å²) in [4.78, 5) is 25.8. The minimum Gasteiger partial charge on any atom is -0.479 e. The smallest absolute Gasteiger partial charge is 0.332 e. The molecule has 1 amide bonds. The van der Waals surface area contributed by atoms with Gasteiger partial charge in [0.25, 0.3) is 0 Å². The van der Waals surface area contributed by atoms with E-state index in [1.807, 2.05) is 12.3 Å². The van der Waals surface area contributed by atoms with Crippen LogP contribution in [0.3, 0.4) is 0 Å². The van der Waals surface area contributed by atoms with Gasteiger partial charge in [-0.3, -0.25) is 4.79 Å². The van der Waals surface area contributed by atoms with Gasteiger partial charge in [0.05, 0.1) is 10.7 Å². The van der Waals surface area contributed by atoms with Crippen LogP contribution in [0.25, 0.3) is 6.08 Å². The molecule has 18 heavy (non-hydrogen) atoms. The molecule has 0 unspecified atom stereocenters. The summed E-state index contributed by atoms with van der Waals surface area (Å²) in [5, 5.41) is 22.6. The van der Waals surface area contributed by atoms with Gasteiger partial charge in [-0.15, -0.1) is 11.3 Å². The number of carbonyl (C=O) groups is 2. The Balaban J connectivity index is 2.30. The van der Waals surface area contributed by atoms with E-state index in [0.29, 0.717) is 5.69 Å². The number of thiazole rings is 1. The van der Waals surface area contributed by atoms with Gasteiger partial charge in [0.2, 0.25) is 5.91 Å². The minimum absolute atomic E-state index is 0.0231. The van der Waals surface area contributed by atoms with E-state index in [2.05, 4.69) is 10.3 Å². The minimum atomic E-state index is -1.45. The largest absolute Gasteiger partial charge is 0.479 e. The molecule has 0 aliphatic carbocycles. The number of carboxylic acid groups (broad SMARTS) is 1. The Bertz CT molecular complexity index is 456. The van der Waals surface area contributed by atoms with E-state index in [1.165, 1.54) is 17.4 Å². The molecule has 1 aromatic rings. The van der Waals surface area contributed by atoms with Crippen molar-refractivity contribution in [2.75, 3.05) is 6.54 Å².